The van der Waals surface area contributed by atoms with Crippen molar-refractivity contribution in [2.24, 2.45) is 0 Å². The topological polar surface area (TPSA) is 89.5 Å². The zero-order valence-corrected chi connectivity index (χ0v) is 30.7. The molecule has 52 heavy (non-hydrogen) atoms. The van der Waals surface area contributed by atoms with Crippen molar-refractivity contribution in [3.8, 4) is 22.9 Å². The molecule has 3 aromatic carbocycles. The minimum atomic E-state index is -0.922. The van der Waals surface area contributed by atoms with Gasteiger partial charge in [0, 0.05) is 44.1 Å². The molecule has 1 aromatic heterocycles. The average molecular weight is 736 g/mol. The van der Waals surface area contributed by atoms with E-state index in [0.717, 1.165) is 43.0 Å². The largest absolute Gasteiger partial charge is 0.468 e. The second-order valence-electron chi connectivity index (χ2n) is 15.6. The molecule has 5 heterocycles. The molecule has 4 aliphatic heterocycles. The predicted molar refractivity (Wildman–Crippen MR) is 196 cm³/mol. The highest BCUT2D eigenvalue weighted by molar-refractivity contribution is 6.35. The van der Waals surface area contributed by atoms with Gasteiger partial charge in [-0.3, -0.25) is 9.80 Å². The lowest BCUT2D eigenvalue weighted by Gasteiger charge is -2.42. The molecule has 1 amide bonds. The second-order valence-corrected chi connectivity index (χ2v) is 16.0. The van der Waals surface area contributed by atoms with E-state index in [1.165, 1.54) is 7.11 Å². The van der Waals surface area contributed by atoms with E-state index in [1.807, 2.05) is 56.0 Å². The maximum absolute atomic E-state index is 17.3. The lowest BCUT2D eigenvalue weighted by atomic mass is 9.95. The fraction of sp³-hybridized carbons (Fsp3) is 0.513. The van der Waals surface area contributed by atoms with Crippen LogP contribution in [0.5, 0.6) is 11.8 Å². The summed E-state index contributed by atoms with van der Waals surface area (Å²) in [5, 5.41) is 2.25. The van der Waals surface area contributed by atoms with Crippen molar-refractivity contribution in [1.82, 2.24) is 19.8 Å². The Morgan fingerprint density at radius 3 is 2.56 bits per heavy atom. The quantitative estimate of drug-likeness (QED) is 0.169. The zero-order chi connectivity index (χ0) is 36.4. The standard InChI is InChI=1S/C39H44ClF2N5O5/c1-38(2,3)52-37(48)47-25-10-11-26(47)20-45(19-25)35-30-16-31(40)32(29-15-27(51-22-49-4)14-23-8-5-6-9-28(23)29)33(42)34(30)43-36(44-35)50-21-39-12-7-13-46(39)18-24(41)17-39/h5-6,8-9,14-16,24-26H,7,10-13,17-22H2,1-4H3/t24-,25?,26?,39-/m1/s1. The number of amides is 1. The summed E-state index contributed by atoms with van der Waals surface area (Å²) in [6.45, 7) is 7.93. The molecule has 2 unspecified atom stereocenters. The molecular weight excluding hydrogens is 692 g/mol. The van der Waals surface area contributed by atoms with Crippen LogP contribution in [-0.2, 0) is 9.47 Å². The van der Waals surface area contributed by atoms with E-state index in [2.05, 4.69) is 9.80 Å². The van der Waals surface area contributed by atoms with Gasteiger partial charge in [-0.2, -0.15) is 9.97 Å². The minimum Gasteiger partial charge on any atom is -0.468 e. The summed E-state index contributed by atoms with van der Waals surface area (Å²) in [4.78, 5) is 29.0. The van der Waals surface area contributed by atoms with Gasteiger partial charge >= 0.3 is 12.1 Å². The zero-order valence-electron chi connectivity index (χ0n) is 30.0. The Labute approximate surface area is 306 Å². The number of benzene rings is 3. The normalized spacial score (nSPS) is 24.6. The van der Waals surface area contributed by atoms with Crippen LogP contribution >= 0.6 is 11.6 Å². The smallest absolute Gasteiger partial charge is 0.410 e. The molecule has 13 heteroatoms. The highest BCUT2D eigenvalue weighted by Crippen LogP contribution is 2.45. The number of ether oxygens (including phenoxy) is 4. The van der Waals surface area contributed by atoms with E-state index in [1.54, 1.807) is 12.1 Å². The predicted octanol–water partition coefficient (Wildman–Crippen LogP) is 7.77. The highest BCUT2D eigenvalue weighted by atomic mass is 35.5. The van der Waals surface area contributed by atoms with Crippen molar-refractivity contribution >= 4 is 45.2 Å². The van der Waals surface area contributed by atoms with Crippen LogP contribution in [0.3, 0.4) is 0 Å². The molecule has 8 rings (SSSR count). The molecule has 4 aromatic rings. The summed E-state index contributed by atoms with van der Waals surface area (Å²) >= 11 is 7.05. The molecular formula is C39H44ClF2N5O5. The van der Waals surface area contributed by atoms with Gasteiger partial charge in [-0.15, -0.1) is 0 Å². The first-order valence-corrected chi connectivity index (χ1v) is 18.4. The molecule has 0 spiro atoms. The number of anilines is 1. The molecule has 4 fully saturated rings. The number of halogens is 3. The van der Waals surface area contributed by atoms with Gasteiger partial charge in [0.15, 0.2) is 12.6 Å². The molecule has 10 nitrogen and oxygen atoms in total. The van der Waals surface area contributed by atoms with E-state index in [4.69, 9.17) is 40.5 Å². The van der Waals surface area contributed by atoms with Crippen molar-refractivity contribution in [3.63, 3.8) is 0 Å². The number of methoxy groups -OCH3 is 1. The van der Waals surface area contributed by atoms with Gasteiger partial charge in [0.1, 0.15) is 35.5 Å². The van der Waals surface area contributed by atoms with Crippen LogP contribution in [0.15, 0.2) is 42.5 Å². The van der Waals surface area contributed by atoms with Crippen LogP contribution in [0.25, 0.3) is 32.8 Å². The summed E-state index contributed by atoms with van der Waals surface area (Å²) < 4.78 is 55.0. The third-order valence-electron chi connectivity index (χ3n) is 10.9. The fourth-order valence-electron chi connectivity index (χ4n) is 8.75. The molecule has 0 N–H and O–H groups in total. The Balaban J connectivity index is 1.23. The number of rotatable bonds is 8. The number of piperazine rings is 1. The van der Waals surface area contributed by atoms with Crippen LogP contribution in [0.1, 0.15) is 52.9 Å². The first-order valence-electron chi connectivity index (χ1n) is 18.1. The number of alkyl halides is 1. The monoisotopic (exact) mass is 735 g/mol. The van der Waals surface area contributed by atoms with Gasteiger partial charge in [-0.25, -0.2) is 13.6 Å². The first kappa shape index (κ1) is 35.1. The highest BCUT2D eigenvalue weighted by Gasteiger charge is 2.50. The lowest BCUT2D eigenvalue weighted by molar-refractivity contribution is 0.0122. The number of nitrogens with zero attached hydrogens (tertiary/aromatic N) is 5. The van der Waals surface area contributed by atoms with Gasteiger partial charge in [0.25, 0.3) is 0 Å². The SMILES string of the molecule is COCOc1cc(-c2c(Cl)cc3c(N4CC5CCC(C4)N5C(=O)OC(C)(C)C)nc(OC[C@]45CCCN4C[C@H](F)C5)nc3c2F)c2ccccc2c1. The number of hydrogen-bond acceptors (Lipinski definition) is 9. The maximum Gasteiger partial charge on any atom is 0.410 e. The summed E-state index contributed by atoms with van der Waals surface area (Å²) in [6, 6.07) is 12.8. The Hall–Kier alpha value is -4.00. The van der Waals surface area contributed by atoms with Gasteiger partial charge in [0.05, 0.1) is 22.6 Å². The Morgan fingerprint density at radius 2 is 1.81 bits per heavy atom. The fourth-order valence-corrected chi connectivity index (χ4v) is 9.04. The number of carbonyl (C=O) groups excluding carboxylic acids is 1. The Bertz CT molecular complexity index is 2020. The van der Waals surface area contributed by atoms with Crippen LogP contribution < -0.4 is 14.4 Å². The van der Waals surface area contributed by atoms with Gasteiger partial charge in [-0.05, 0) is 87.5 Å². The molecule has 4 atom stereocenters. The molecule has 0 radical (unpaired) electrons. The summed E-state index contributed by atoms with van der Waals surface area (Å²) in [5.41, 5.74) is -0.285. The van der Waals surface area contributed by atoms with E-state index >= 15 is 4.39 Å². The molecule has 2 bridgehead atoms. The summed E-state index contributed by atoms with van der Waals surface area (Å²) in [6.07, 6.45) is 2.52. The van der Waals surface area contributed by atoms with Gasteiger partial charge < -0.3 is 23.8 Å². The van der Waals surface area contributed by atoms with E-state index < -0.39 is 23.1 Å². The van der Waals surface area contributed by atoms with E-state index in [-0.39, 0.29) is 53.7 Å². The molecule has 4 saturated heterocycles. The van der Waals surface area contributed by atoms with E-state index in [0.29, 0.717) is 48.6 Å². The van der Waals surface area contributed by atoms with Crippen molar-refractivity contribution in [3.05, 3.63) is 53.3 Å². The third-order valence-corrected chi connectivity index (χ3v) is 11.2. The number of hydrogen-bond donors (Lipinski definition) is 0. The number of carbonyl (C=O) groups is 1. The van der Waals surface area contributed by atoms with Crippen molar-refractivity contribution in [2.45, 2.75) is 82.3 Å². The minimum absolute atomic E-state index is 0.0159. The summed E-state index contributed by atoms with van der Waals surface area (Å²) in [7, 11) is 1.54. The van der Waals surface area contributed by atoms with Crippen molar-refractivity contribution < 1.29 is 32.5 Å². The van der Waals surface area contributed by atoms with Gasteiger partial charge in [0.2, 0.25) is 0 Å². The number of aromatic nitrogens is 2. The molecule has 276 valence electrons. The second kappa shape index (κ2) is 13.4. The number of fused-ring (bicyclic) bond motifs is 5. The molecule has 4 aliphatic rings. The lowest BCUT2D eigenvalue weighted by Crippen LogP contribution is -2.57. The molecule has 0 aliphatic carbocycles. The maximum atomic E-state index is 17.3. The average Bonchev–Trinajstić information content (AvgIpc) is 3.72. The van der Waals surface area contributed by atoms with Crippen molar-refractivity contribution in [2.75, 3.05) is 51.6 Å². The van der Waals surface area contributed by atoms with Crippen LogP contribution in [-0.4, -0.2) is 102 Å². The molecule has 0 saturated carbocycles. The van der Waals surface area contributed by atoms with Crippen LogP contribution in [0.2, 0.25) is 5.02 Å². The Kier molecular flexibility index (Phi) is 9.06. The Morgan fingerprint density at radius 1 is 1.04 bits per heavy atom. The van der Waals surface area contributed by atoms with Gasteiger partial charge in [-0.1, -0.05) is 35.9 Å². The first-order chi connectivity index (χ1) is 24.9. The van der Waals surface area contributed by atoms with Crippen LogP contribution in [0, 0.1) is 5.82 Å². The summed E-state index contributed by atoms with van der Waals surface area (Å²) in [5.74, 6) is 0.358. The third kappa shape index (κ3) is 6.36. The van der Waals surface area contributed by atoms with Crippen LogP contribution in [0.4, 0.5) is 19.4 Å². The van der Waals surface area contributed by atoms with E-state index in [9.17, 15) is 9.18 Å². The van der Waals surface area contributed by atoms with Crippen molar-refractivity contribution in [1.29, 1.82) is 0 Å².